The van der Waals surface area contributed by atoms with Gasteiger partial charge in [-0.1, -0.05) is 58.9 Å². The third-order valence-corrected chi connectivity index (χ3v) is 4.59. The van der Waals surface area contributed by atoms with E-state index in [1.165, 1.54) is 16.1 Å². The van der Waals surface area contributed by atoms with Crippen molar-refractivity contribution in [1.29, 1.82) is 0 Å². The summed E-state index contributed by atoms with van der Waals surface area (Å²) in [6.45, 7) is 11.3. The van der Waals surface area contributed by atoms with Crippen LogP contribution < -0.4 is 0 Å². The molecular formula is C17H23NS. The second-order valence-corrected chi connectivity index (χ2v) is 7.74. The van der Waals surface area contributed by atoms with Crippen molar-refractivity contribution in [1.82, 2.24) is 4.98 Å². The molecule has 1 nitrogen and oxygen atoms in total. The first-order valence-corrected chi connectivity index (χ1v) is 7.66. The largest absolute Gasteiger partial charge is 0.249 e. The topological polar surface area (TPSA) is 12.9 Å². The highest BCUT2D eigenvalue weighted by Gasteiger charge is 2.24. The van der Waals surface area contributed by atoms with Crippen LogP contribution in [0.25, 0.3) is 0 Å². The van der Waals surface area contributed by atoms with Crippen LogP contribution in [-0.2, 0) is 17.3 Å². The molecule has 0 aliphatic carbocycles. The molecule has 0 radical (unpaired) electrons. The molecule has 0 saturated heterocycles. The van der Waals surface area contributed by atoms with E-state index in [1.807, 2.05) is 6.20 Å². The maximum atomic E-state index is 4.47. The average molecular weight is 273 g/mol. The molecule has 0 spiro atoms. The minimum Gasteiger partial charge on any atom is -0.249 e. The lowest BCUT2D eigenvalue weighted by Crippen LogP contribution is -2.20. The summed E-state index contributed by atoms with van der Waals surface area (Å²) in [6.07, 6.45) is 2.93. The van der Waals surface area contributed by atoms with Gasteiger partial charge in [-0.15, -0.1) is 11.3 Å². The smallest absolute Gasteiger partial charge is 0.0984 e. The van der Waals surface area contributed by atoms with Gasteiger partial charge in [-0.05, 0) is 23.0 Å². The van der Waals surface area contributed by atoms with Crippen LogP contribution in [0, 0.1) is 0 Å². The van der Waals surface area contributed by atoms with Gasteiger partial charge in [0.2, 0.25) is 0 Å². The molecule has 0 fully saturated rings. The lowest BCUT2D eigenvalue weighted by molar-refractivity contribution is 0.517. The van der Waals surface area contributed by atoms with Gasteiger partial charge in [0.1, 0.15) is 0 Å². The zero-order chi connectivity index (χ0) is 14.1. The molecule has 1 heterocycles. The fourth-order valence-electron chi connectivity index (χ4n) is 2.29. The number of hydrogen-bond acceptors (Lipinski definition) is 2. The summed E-state index contributed by atoms with van der Waals surface area (Å²) < 4.78 is 0. The van der Waals surface area contributed by atoms with Gasteiger partial charge in [-0.2, -0.15) is 0 Å². The van der Waals surface area contributed by atoms with Crippen LogP contribution in [-0.4, -0.2) is 4.98 Å². The van der Waals surface area contributed by atoms with Crippen LogP contribution in [0.4, 0.5) is 0 Å². The number of benzene rings is 1. The Morgan fingerprint density at radius 2 is 1.84 bits per heavy atom. The molecule has 0 aliphatic heterocycles. The maximum absolute atomic E-state index is 4.47. The maximum Gasteiger partial charge on any atom is 0.0984 e. The van der Waals surface area contributed by atoms with Gasteiger partial charge in [0, 0.05) is 17.0 Å². The Morgan fingerprint density at radius 3 is 2.42 bits per heavy atom. The highest BCUT2D eigenvalue weighted by molar-refractivity contribution is 7.09. The van der Waals surface area contributed by atoms with Gasteiger partial charge in [0.15, 0.2) is 0 Å². The number of nitrogens with zero attached hydrogens (tertiary/aromatic N) is 1. The number of rotatable bonds is 3. The Balaban J connectivity index is 2.25. The van der Waals surface area contributed by atoms with Crippen LogP contribution in [0.2, 0.25) is 0 Å². The van der Waals surface area contributed by atoms with Gasteiger partial charge in [-0.3, -0.25) is 0 Å². The summed E-state index contributed by atoms with van der Waals surface area (Å²) in [6, 6.07) is 8.97. The van der Waals surface area contributed by atoms with E-state index in [0.717, 1.165) is 6.42 Å². The molecule has 0 aliphatic rings. The van der Waals surface area contributed by atoms with Crippen molar-refractivity contribution in [3.63, 3.8) is 0 Å². The molecular weight excluding hydrogens is 250 g/mol. The molecule has 2 heteroatoms. The highest BCUT2D eigenvalue weighted by Crippen LogP contribution is 2.30. The molecule has 19 heavy (non-hydrogen) atoms. The summed E-state index contributed by atoms with van der Waals surface area (Å²) in [5, 5.41) is 3.27. The normalized spacial score (nSPS) is 12.7. The summed E-state index contributed by atoms with van der Waals surface area (Å²) >= 11 is 1.75. The Hall–Kier alpha value is -1.15. The zero-order valence-corrected chi connectivity index (χ0v) is 13.3. The second-order valence-electron chi connectivity index (χ2n) is 6.85. The van der Waals surface area contributed by atoms with Crippen molar-refractivity contribution in [2.75, 3.05) is 0 Å². The molecule has 0 unspecified atom stereocenters. The van der Waals surface area contributed by atoms with Gasteiger partial charge in [-0.25, -0.2) is 4.98 Å². The minimum atomic E-state index is 0.102. The monoisotopic (exact) mass is 273 g/mol. The minimum absolute atomic E-state index is 0.102. The molecule has 2 rings (SSSR count). The van der Waals surface area contributed by atoms with E-state index in [2.05, 4.69) is 69.2 Å². The van der Waals surface area contributed by atoms with Gasteiger partial charge < -0.3 is 0 Å². The predicted molar refractivity (Wildman–Crippen MR) is 84.0 cm³/mol. The number of thiazole rings is 1. The summed E-state index contributed by atoms with van der Waals surface area (Å²) in [5.74, 6) is 0. The van der Waals surface area contributed by atoms with Crippen LogP contribution in [0.5, 0.6) is 0 Å². The fourth-order valence-corrected chi connectivity index (χ4v) is 3.05. The third kappa shape index (κ3) is 3.44. The Morgan fingerprint density at radius 1 is 1.11 bits per heavy atom. The van der Waals surface area contributed by atoms with Gasteiger partial charge >= 0.3 is 0 Å². The lowest BCUT2D eigenvalue weighted by atomic mass is 9.82. The molecule has 1 aromatic carbocycles. The molecule has 0 amide bonds. The second kappa shape index (κ2) is 5.09. The van der Waals surface area contributed by atoms with E-state index in [4.69, 9.17) is 0 Å². The quantitative estimate of drug-likeness (QED) is 0.770. The van der Waals surface area contributed by atoms with E-state index >= 15 is 0 Å². The fraction of sp³-hybridized carbons (Fsp3) is 0.471. The lowest BCUT2D eigenvalue weighted by Gasteiger charge is -2.24. The van der Waals surface area contributed by atoms with Crippen LogP contribution in [0.3, 0.4) is 0 Å². The van der Waals surface area contributed by atoms with Crippen molar-refractivity contribution in [3.05, 3.63) is 52.0 Å². The first-order valence-electron chi connectivity index (χ1n) is 6.78. The SMILES string of the molecule is CC(C)(C)c1cccc(CC(C)(C)c2nccs2)c1. The van der Waals surface area contributed by atoms with E-state index in [1.54, 1.807) is 11.3 Å². The molecule has 0 atom stereocenters. The van der Waals surface area contributed by atoms with Crippen molar-refractivity contribution in [2.24, 2.45) is 0 Å². The Kier molecular flexibility index (Phi) is 3.82. The Labute approximate surface area is 120 Å². The van der Waals surface area contributed by atoms with E-state index in [0.29, 0.717) is 0 Å². The van der Waals surface area contributed by atoms with Crippen LogP contribution in [0.1, 0.15) is 50.8 Å². The third-order valence-electron chi connectivity index (χ3n) is 3.45. The van der Waals surface area contributed by atoms with Crippen LogP contribution in [0.15, 0.2) is 35.8 Å². The summed E-state index contributed by atoms with van der Waals surface area (Å²) in [4.78, 5) is 4.47. The predicted octanol–water partition coefficient (Wildman–Crippen LogP) is 4.96. The van der Waals surface area contributed by atoms with E-state index < -0.39 is 0 Å². The zero-order valence-electron chi connectivity index (χ0n) is 12.5. The van der Waals surface area contributed by atoms with Crippen molar-refractivity contribution in [2.45, 2.75) is 51.9 Å². The molecule has 2 aromatic rings. The number of hydrogen-bond donors (Lipinski definition) is 0. The molecule has 102 valence electrons. The van der Waals surface area contributed by atoms with Gasteiger partial charge in [0.25, 0.3) is 0 Å². The van der Waals surface area contributed by atoms with E-state index in [9.17, 15) is 0 Å². The standard InChI is InChI=1S/C17H23NS/c1-16(2,3)14-8-6-7-13(11-14)12-17(4,5)15-18-9-10-19-15/h6-11H,12H2,1-5H3. The van der Waals surface area contributed by atoms with Crippen LogP contribution >= 0.6 is 11.3 Å². The molecule has 0 bridgehead atoms. The highest BCUT2D eigenvalue weighted by atomic mass is 32.1. The molecule has 1 aromatic heterocycles. The molecule has 0 N–H and O–H groups in total. The van der Waals surface area contributed by atoms with E-state index in [-0.39, 0.29) is 10.8 Å². The average Bonchev–Trinajstić information content (AvgIpc) is 2.81. The number of aromatic nitrogens is 1. The summed E-state index contributed by atoms with van der Waals surface area (Å²) in [5.41, 5.74) is 3.11. The van der Waals surface area contributed by atoms with Crippen molar-refractivity contribution in [3.8, 4) is 0 Å². The Bertz CT molecular complexity index is 533. The van der Waals surface area contributed by atoms with Gasteiger partial charge in [0.05, 0.1) is 5.01 Å². The van der Waals surface area contributed by atoms with Crippen molar-refractivity contribution < 1.29 is 0 Å². The molecule has 0 saturated carbocycles. The van der Waals surface area contributed by atoms with Crippen molar-refractivity contribution >= 4 is 11.3 Å². The first-order chi connectivity index (χ1) is 8.79. The summed E-state index contributed by atoms with van der Waals surface area (Å²) in [7, 11) is 0. The first kappa shape index (κ1) is 14.3.